The molecule has 0 bridgehead atoms. The standard InChI is InChI=1S/C18H19ClN2O5S/c1-3-12-6-4-5-11(2)17(12)21-16(22)10-26-18(23)13-7-8-14(19)15(9-13)27(20,24)25/h4-9H,3,10H2,1-2H3,(H,21,22)(H2,20,24,25). The summed E-state index contributed by atoms with van der Waals surface area (Å²) in [6.45, 7) is 3.31. The second-order valence-electron chi connectivity index (χ2n) is 5.78. The Hall–Kier alpha value is -2.42. The Bertz CT molecular complexity index is 989. The lowest BCUT2D eigenvalue weighted by molar-refractivity contribution is -0.119. The molecule has 0 atom stereocenters. The van der Waals surface area contributed by atoms with Gasteiger partial charge in [-0.05, 0) is 42.7 Å². The Morgan fingerprint density at radius 3 is 2.56 bits per heavy atom. The number of carbonyl (C=O) groups is 2. The number of aryl methyl sites for hydroxylation is 2. The van der Waals surface area contributed by atoms with Crippen LogP contribution < -0.4 is 10.5 Å². The van der Waals surface area contributed by atoms with E-state index in [1.165, 1.54) is 12.1 Å². The SMILES string of the molecule is CCc1cccc(C)c1NC(=O)COC(=O)c1ccc(Cl)c(S(N)(=O)=O)c1. The Labute approximate surface area is 162 Å². The topological polar surface area (TPSA) is 116 Å². The maximum atomic E-state index is 12.1. The number of rotatable bonds is 6. The number of amides is 1. The number of anilines is 1. The fourth-order valence-corrected chi connectivity index (χ4v) is 3.51. The van der Waals surface area contributed by atoms with Crippen LogP contribution >= 0.6 is 11.6 Å². The van der Waals surface area contributed by atoms with Gasteiger partial charge in [0.2, 0.25) is 10.0 Å². The van der Waals surface area contributed by atoms with E-state index < -0.39 is 33.4 Å². The van der Waals surface area contributed by atoms with Crippen LogP contribution in [0.4, 0.5) is 5.69 Å². The Balaban J connectivity index is 2.07. The first kappa shape index (κ1) is 20.9. The number of sulfonamides is 1. The number of nitrogens with one attached hydrogen (secondary N) is 1. The van der Waals surface area contributed by atoms with Gasteiger partial charge in [0.1, 0.15) is 4.90 Å². The zero-order valence-electron chi connectivity index (χ0n) is 14.8. The molecule has 0 saturated carbocycles. The number of halogens is 1. The van der Waals surface area contributed by atoms with Crippen LogP contribution in [-0.2, 0) is 26.0 Å². The van der Waals surface area contributed by atoms with E-state index in [0.29, 0.717) is 5.69 Å². The fourth-order valence-electron chi connectivity index (χ4n) is 2.44. The summed E-state index contributed by atoms with van der Waals surface area (Å²) < 4.78 is 27.9. The number of hydrogen-bond acceptors (Lipinski definition) is 5. The lowest BCUT2D eigenvalue weighted by atomic mass is 10.1. The van der Waals surface area contributed by atoms with Crippen LogP contribution in [0.3, 0.4) is 0 Å². The van der Waals surface area contributed by atoms with Gasteiger partial charge in [-0.2, -0.15) is 0 Å². The van der Waals surface area contributed by atoms with Gasteiger partial charge in [0.25, 0.3) is 5.91 Å². The molecule has 2 rings (SSSR count). The molecule has 0 saturated heterocycles. The van der Waals surface area contributed by atoms with Crippen molar-refractivity contribution in [2.75, 3.05) is 11.9 Å². The fraction of sp³-hybridized carbons (Fsp3) is 0.222. The molecule has 0 aromatic heterocycles. The van der Waals surface area contributed by atoms with Crippen molar-refractivity contribution in [3.63, 3.8) is 0 Å². The van der Waals surface area contributed by atoms with Crippen molar-refractivity contribution in [3.8, 4) is 0 Å². The highest BCUT2D eigenvalue weighted by Crippen LogP contribution is 2.22. The normalized spacial score (nSPS) is 11.1. The highest BCUT2D eigenvalue weighted by molar-refractivity contribution is 7.89. The van der Waals surface area contributed by atoms with Crippen LogP contribution in [0.25, 0.3) is 0 Å². The minimum absolute atomic E-state index is 0.0821. The van der Waals surface area contributed by atoms with Crippen molar-refractivity contribution >= 4 is 39.2 Å². The second-order valence-corrected chi connectivity index (χ2v) is 7.71. The smallest absolute Gasteiger partial charge is 0.338 e. The van der Waals surface area contributed by atoms with Crippen LogP contribution in [0.1, 0.15) is 28.4 Å². The summed E-state index contributed by atoms with van der Waals surface area (Å²) in [7, 11) is -4.09. The van der Waals surface area contributed by atoms with Crippen LogP contribution in [0.15, 0.2) is 41.3 Å². The van der Waals surface area contributed by atoms with E-state index in [1.807, 2.05) is 32.0 Å². The minimum Gasteiger partial charge on any atom is -0.452 e. The quantitative estimate of drug-likeness (QED) is 0.710. The van der Waals surface area contributed by atoms with Crippen LogP contribution in [0.2, 0.25) is 5.02 Å². The third-order valence-electron chi connectivity index (χ3n) is 3.81. The van der Waals surface area contributed by atoms with Crippen LogP contribution in [0, 0.1) is 6.92 Å². The summed E-state index contributed by atoms with van der Waals surface area (Å²) in [6, 6.07) is 9.18. The summed E-state index contributed by atoms with van der Waals surface area (Å²) in [5.41, 5.74) is 2.46. The molecule has 9 heteroatoms. The van der Waals surface area contributed by atoms with Gasteiger partial charge < -0.3 is 10.1 Å². The molecule has 0 aliphatic rings. The number of nitrogens with two attached hydrogens (primary N) is 1. The molecule has 0 spiro atoms. The molecule has 7 nitrogen and oxygen atoms in total. The van der Waals surface area contributed by atoms with E-state index >= 15 is 0 Å². The van der Waals surface area contributed by atoms with Crippen molar-refractivity contribution in [2.45, 2.75) is 25.2 Å². The predicted octanol–water partition coefficient (Wildman–Crippen LogP) is 2.65. The van der Waals surface area contributed by atoms with Gasteiger partial charge in [-0.1, -0.05) is 36.7 Å². The van der Waals surface area contributed by atoms with E-state index in [1.54, 1.807) is 0 Å². The van der Waals surface area contributed by atoms with Crippen molar-refractivity contribution in [1.82, 2.24) is 0 Å². The molecule has 0 fully saturated rings. The highest BCUT2D eigenvalue weighted by atomic mass is 35.5. The lowest BCUT2D eigenvalue weighted by Crippen LogP contribution is -2.22. The number of benzene rings is 2. The highest BCUT2D eigenvalue weighted by Gasteiger charge is 2.18. The maximum Gasteiger partial charge on any atom is 0.338 e. The number of esters is 1. The van der Waals surface area contributed by atoms with E-state index in [4.69, 9.17) is 21.5 Å². The molecule has 0 aliphatic heterocycles. The Morgan fingerprint density at radius 2 is 1.93 bits per heavy atom. The molecule has 2 aromatic rings. The Kier molecular flexibility index (Phi) is 6.59. The molecule has 27 heavy (non-hydrogen) atoms. The number of primary sulfonamides is 1. The van der Waals surface area contributed by atoms with Gasteiger partial charge in [0, 0.05) is 5.69 Å². The van der Waals surface area contributed by atoms with E-state index in [2.05, 4.69) is 5.32 Å². The number of hydrogen-bond donors (Lipinski definition) is 2. The molecule has 0 aliphatic carbocycles. The molecule has 1 amide bonds. The third kappa shape index (κ3) is 5.29. The molecule has 2 aromatic carbocycles. The number of para-hydroxylation sites is 1. The monoisotopic (exact) mass is 410 g/mol. The minimum atomic E-state index is -4.09. The largest absolute Gasteiger partial charge is 0.452 e. The first-order valence-electron chi connectivity index (χ1n) is 8.01. The molecule has 0 radical (unpaired) electrons. The molecular weight excluding hydrogens is 392 g/mol. The van der Waals surface area contributed by atoms with Gasteiger partial charge in [-0.25, -0.2) is 18.4 Å². The first-order valence-corrected chi connectivity index (χ1v) is 9.93. The van der Waals surface area contributed by atoms with Crippen molar-refractivity contribution in [1.29, 1.82) is 0 Å². The average Bonchev–Trinajstić information content (AvgIpc) is 2.60. The van der Waals surface area contributed by atoms with E-state index in [0.717, 1.165) is 23.6 Å². The van der Waals surface area contributed by atoms with Crippen LogP contribution in [-0.4, -0.2) is 26.9 Å². The number of carbonyl (C=O) groups excluding carboxylic acids is 2. The second kappa shape index (κ2) is 8.51. The first-order chi connectivity index (χ1) is 12.6. The zero-order chi connectivity index (χ0) is 20.2. The van der Waals surface area contributed by atoms with Gasteiger partial charge in [-0.3, -0.25) is 4.79 Å². The maximum absolute atomic E-state index is 12.1. The Morgan fingerprint density at radius 1 is 1.22 bits per heavy atom. The van der Waals surface area contributed by atoms with Gasteiger partial charge in [0.05, 0.1) is 10.6 Å². The van der Waals surface area contributed by atoms with Crippen molar-refractivity contribution in [2.24, 2.45) is 5.14 Å². The summed E-state index contributed by atoms with van der Waals surface area (Å²) >= 11 is 5.77. The van der Waals surface area contributed by atoms with Crippen molar-refractivity contribution < 1.29 is 22.7 Å². The van der Waals surface area contributed by atoms with Crippen molar-refractivity contribution in [3.05, 3.63) is 58.1 Å². The molecule has 144 valence electrons. The average molecular weight is 411 g/mol. The predicted molar refractivity (Wildman–Crippen MR) is 102 cm³/mol. The van der Waals surface area contributed by atoms with E-state index in [9.17, 15) is 18.0 Å². The summed E-state index contributed by atoms with van der Waals surface area (Å²) in [4.78, 5) is 23.8. The van der Waals surface area contributed by atoms with Gasteiger partial charge in [0.15, 0.2) is 6.61 Å². The van der Waals surface area contributed by atoms with E-state index in [-0.39, 0.29) is 10.6 Å². The summed E-state index contributed by atoms with van der Waals surface area (Å²) in [6.07, 6.45) is 0.734. The lowest BCUT2D eigenvalue weighted by Gasteiger charge is -2.13. The van der Waals surface area contributed by atoms with Crippen LogP contribution in [0.5, 0.6) is 0 Å². The summed E-state index contributed by atoms with van der Waals surface area (Å²) in [5.74, 6) is -1.37. The molecule has 0 heterocycles. The zero-order valence-corrected chi connectivity index (χ0v) is 16.4. The van der Waals surface area contributed by atoms with Gasteiger partial charge >= 0.3 is 5.97 Å². The molecular formula is C18H19ClN2O5S. The van der Waals surface area contributed by atoms with Gasteiger partial charge in [-0.15, -0.1) is 0 Å². The third-order valence-corrected chi connectivity index (χ3v) is 5.20. The number of ether oxygens (including phenoxy) is 1. The summed E-state index contributed by atoms with van der Waals surface area (Å²) in [5, 5.41) is 7.66. The molecule has 0 unspecified atom stereocenters. The molecule has 3 N–H and O–H groups in total.